The lowest BCUT2D eigenvalue weighted by Gasteiger charge is -2.18. The van der Waals surface area contributed by atoms with Crippen molar-refractivity contribution in [1.82, 2.24) is 0 Å². The molecule has 0 aliphatic carbocycles. The summed E-state index contributed by atoms with van der Waals surface area (Å²) < 4.78 is 11.8. The van der Waals surface area contributed by atoms with Gasteiger partial charge in [0.1, 0.15) is 0 Å². The van der Waals surface area contributed by atoms with E-state index in [0.29, 0.717) is 5.75 Å². The molecule has 0 radical (unpaired) electrons. The smallest absolute Gasteiger partial charge is 0.0420 e. The van der Waals surface area contributed by atoms with Gasteiger partial charge in [-0.15, -0.1) is 0 Å². The Bertz CT molecular complexity index is 551. The molecule has 1 nitrogen and oxygen atoms in total. The van der Waals surface area contributed by atoms with Crippen molar-refractivity contribution >= 4 is 10.8 Å². The van der Waals surface area contributed by atoms with Gasteiger partial charge >= 0.3 is 0 Å². The Kier molecular flexibility index (Phi) is 6.42. The van der Waals surface area contributed by atoms with E-state index < -0.39 is 10.8 Å². The van der Waals surface area contributed by atoms with Crippen LogP contribution in [0.2, 0.25) is 0 Å². The second-order valence-electron chi connectivity index (χ2n) is 6.86. The van der Waals surface area contributed by atoms with Gasteiger partial charge < -0.3 is 0 Å². The van der Waals surface area contributed by atoms with Crippen molar-refractivity contribution in [3.05, 3.63) is 48.0 Å². The van der Waals surface area contributed by atoms with E-state index in [1.165, 1.54) is 0 Å². The van der Waals surface area contributed by atoms with Crippen LogP contribution in [0.3, 0.4) is 0 Å². The van der Waals surface area contributed by atoms with E-state index in [-0.39, 0.29) is 10.2 Å². The van der Waals surface area contributed by atoms with Crippen LogP contribution in [0.5, 0.6) is 0 Å². The first-order valence-corrected chi connectivity index (χ1v) is 8.63. The predicted octanol–water partition coefficient (Wildman–Crippen LogP) is 4.56. The molecule has 0 fully saturated rings. The molecule has 0 N–H and O–H groups in total. The summed E-state index contributed by atoms with van der Waals surface area (Å²) in [6, 6.07) is 10.0. The van der Waals surface area contributed by atoms with Crippen molar-refractivity contribution in [2.45, 2.75) is 45.8 Å². The first kappa shape index (κ1) is 17.7. The van der Waals surface area contributed by atoms with E-state index in [2.05, 4.69) is 31.8 Å². The molecule has 0 aliphatic heterocycles. The molecule has 0 heterocycles. The van der Waals surface area contributed by atoms with Gasteiger partial charge in [-0.2, -0.15) is 0 Å². The summed E-state index contributed by atoms with van der Waals surface area (Å²) in [7, 11) is -0.830. The molecule has 0 spiro atoms. The van der Waals surface area contributed by atoms with Crippen LogP contribution in [0, 0.1) is 17.3 Å². The van der Waals surface area contributed by atoms with E-state index in [1.807, 2.05) is 57.2 Å². The van der Waals surface area contributed by atoms with Crippen LogP contribution in [0.15, 0.2) is 42.5 Å². The summed E-state index contributed by atoms with van der Waals surface area (Å²) in [6.07, 6.45) is 4.96. The standard InChI is InChI=1S/C19H26OS/c1-18(2,3)21(20)16-10-15-19(4,5)14-9-13-17-11-7-6-8-12-17/h6-8,10-12,15H,14,16H2,1-5H3/b15-10+. The zero-order valence-electron chi connectivity index (χ0n) is 13.8. The highest BCUT2D eigenvalue weighted by Crippen LogP contribution is 2.22. The Morgan fingerprint density at radius 2 is 1.71 bits per heavy atom. The van der Waals surface area contributed by atoms with Crippen LogP contribution >= 0.6 is 0 Å². The lowest BCUT2D eigenvalue weighted by Crippen LogP contribution is -2.23. The topological polar surface area (TPSA) is 17.1 Å². The molecular formula is C19H26OS. The van der Waals surface area contributed by atoms with E-state index in [0.717, 1.165) is 12.0 Å². The molecule has 114 valence electrons. The maximum Gasteiger partial charge on any atom is 0.0420 e. The van der Waals surface area contributed by atoms with Crippen molar-refractivity contribution < 1.29 is 4.21 Å². The fraction of sp³-hybridized carbons (Fsp3) is 0.474. The van der Waals surface area contributed by atoms with Crippen molar-refractivity contribution in [3.8, 4) is 11.8 Å². The third-order valence-corrected chi connectivity index (χ3v) is 4.91. The number of hydrogen-bond donors (Lipinski definition) is 0. The molecule has 0 saturated carbocycles. The largest absolute Gasteiger partial charge is 0.259 e. The third-order valence-electron chi connectivity index (χ3n) is 3.05. The fourth-order valence-corrected chi connectivity index (χ4v) is 2.43. The van der Waals surface area contributed by atoms with Crippen LogP contribution in [0.4, 0.5) is 0 Å². The Morgan fingerprint density at radius 3 is 2.29 bits per heavy atom. The molecule has 1 atom stereocenters. The van der Waals surface area contributed by atoms with Gasteiger partial charge in [-0.25, -0.2) is 0 Å². The summed E-state index contributed by atoms with van der Waals surface area (Å²) in [4.78, 5) is 0. The van der Waals surface area contributed by atoms with Gasteiger partial charge in [-0.3, -0.25) is 4.21 Å². The molecule has 1 rings (SSSR count). The molecule has 1 aromatic rings. The van der Waals surface area contributed by atoms with Gasteiger partial charge in [0, 0.05) is 33.3 Å². The van der Waals surface area contributed by atoms with Crippen molar-refractivity contribution in [2.75, 3.05) is 5.75 Å². The van der Waals surface area contributed by atoms with Crippen LogP contribution in [-0.2, 0) is 10.8 Å². The minimum absolute atomic E-state index is 0.00383. The summed E-state index contributed by atoms with van der Waals surface area (Å²) in [5.74, 6) is 7.02. The molecule has 0 bridgehead atoms. The average Bonchev–Trinajstić information content (AvgIpc) is 2.38. The van der Waals surface area contributed by atoms with Gasteiger partial charge in [0.15, 0.2) is 0 Å². The molecule has 0 aliphatic rings. The number of benzene rings is 1. The Morgan fingerprint density at radius 1 is 1.10 bits per heavy atom. The second-order valence-corrected chi connectivity index (χ2v) is 9.11. The van der Waals surface area contributed by atoms with E-state index in [4.69, 9.17) is 0 Å². The SMILES string of the molecule is CC(C)(/C=C/CS(=O)C(C)(C)C)CC#Cc1ccccc1. The second kappa shape index (κ2) is 7.61. The molecule has 1 aromatic carbocycles. The Hall–Kier alpha value is -1.33. The number of allylic oxidation sites excluding steroid dienone is 1. The highest BCUT2D eigenvalue weighted by molar-refractivity contribution is 7.86. The van der Waals surface area contributed by atoms with E-state index in [1.54, 1.807) is 0 Å². The quantitative estimate of drug-likeness (QED) is 0.589. The fourth-order valence-electron chi connectivity index (χ4n) is 1.66. The number of hydrogen-bond acceptors (Lipinski definition) is 1. The zero-order valence-corrected chi connectivity index (χ0v) is 14.6. The molecule has 0 amide bonds. The summed E-state index contributed by atoms with van der Waals surface area (Å²) in [6.45, 7) is 10.3. The minimum atomic E-state index is -0.830. The third kappa shape index (κ3) is 7.29. The lowest BCUT2D eigenvalue weighted by atomic mass is 9.89. The van der Waals surface area contributed by atoms with Gasteiger partial charge in [0.05, 0.1) is 0 Å². The normalized spacial score (nSPS) is 13.8. The first-order valence-electron chi connectivity index (χ1n) is 7.31. The van der Waals surface area contributed by atoms with Crippen molar-refractivity contribution in [3.63, 3.8) is 0 Å². The molecule has 0 aromatic heterocycles. The molecule has 1 unspecified atom stereocenters. The summed E-state index contributed by atoms with van der Waals surface area (Å²) in [5, 5.41) is 0. The van der Waals surface area contributed by atoms with Crippen LogP contribution in [0.1, 0.15) is 46.6 Å². The minimum Gasteiger partial charge on any atom is -0.259 e. The molecule has 21 heavy (non-hydrogen) atoms. The maximum absolute atomic E-state index is 12.0. The molecule has 2 heteroatoms. The van der Waals surface area contributed by atoms with E-state index in [9.17, 15) is 4.21 Å². The highest BCUT2D eigenvalue weighted by atomic mass is 32.2. The Balaban J connectivity index is 2.55. The van der Waals surface area contributed by atoms with E-state index >= 15 is 0 Å². The first-order chi connectivity index (χ1) is 9.71. The Labute approximate surface area is 132 Å². The van der Waals surface area contributed by atoms with Gasteiger partial charge in [-0.05, 0) is 38.3 Å². The molecular weight excluding hydrogens is 276 g/mol. The average molecular weight is 302 g/mol. The number of rotatable bonds is 4. The highest BCUT2D eigenvalue weighted by Gasteiger charge is 2.18. The van der Waals surface area contributed by atoms with Gasteiger partial charge in [0.25, 0.3) is 0 Å². The van der Waals surface area contributed by atoms with Crippen molar-refractivity contribution in [1.29, 1.82) is 0 Å². The summed E-state index contributed by atoms with van der Waals surface area (Å²) >= 11 is 0. The van der Waals surface area contributed by atoms with Crippen LogP contribution in [-0.4, -0.2) is 14.7 Å². The monoisotopic (exact) mass is 302 g/mol. The van der Waals surface area contributed by atoms with Crippen LogP contribution in [0.25, 0.3) is 0 Å². The molecule has 0 saturated heterocycles. The van der Waals surface area contributed by atoms with Gasteiger partial charge in [0.2, 0.25) is 0 Å². The predicted molar refractivity (Wildman–Crippen MR) is 93.6 cm³/mol. The van der Waals surface area contributed by atoms with Crippen LogP contribution < -0.4 is 0 Å². The maximum atomic E-state index is 12.0. The summed E-state index contributed by atoms with van der Waals surface area (Å²) in [5.41, 5.74) is 1.05. The zero-order chi connectivity index (χ0) is 15.9. The van der Waals surface area contributed by atoms with Crippen molar-refractivity contribution in [2.24, 2.45) is 5.41 Å². The van der Waals surface area contributed by atoms with Gasteiger partial charge in [-0.1, -0.05) is 56.0 Å². The lowest BCUT2D eigenvalue weighted by molar-refractivity contribution is 0.496.